The molecule has 0 radical (unpaired) electrons. The first kappa shape index (κ1) is 35.2. The van der Waals surface area contributed by atoms with Gasteiger partial charge in [-0.1, -0.05) is 38.5 Å². The van der Waals surface area contributed by atoms with Gasteiger partial charge in [-0.3, -0.25) is 19.0 Å². The Morgan fingerprint density at radius 2 is 1.58 bits per heavy atom. The summed E-state index contributed by atoms with van der Waals surface area (Å²) in [7, 11) is 0. The average molecular weight is 708 g/mol. The zero-order valence-electron chi connectivity index (χ0n) is 29.2. The Balaban J connectivity index is 1.13. The topological polar surface area (TPSA) is 135 Å². The SMILES string of the molecule is C#C[C@]1(COC(=O)C23CCC(CC2)CC3)O[C@@H](n2cnc3c(NC(=O)CCCCCCC)nc(Cl)nc32)C[C@@H]1OC(=O)C12CCC(CC1)CC2. The summed E-state index contributed by atoms with van der Waals surface area (Å²) in [5, 5.41) is 2.79. The van der Waals surface area contributed by atoms with Gasteiger partial charge in [0, 0.05) is 12.8 Å². The minimum absolute atomic E-state index is 0.0657. The van der Waals surface area contributed by atoms with Gasteiger partial charge in [0.2, 0.25) is 16.8 Å². The van der Waals surface area contributed by atoms with Gasteiger partial charge >= 0.3 is 11.9 Å². The molecule has 0 unspecified atom stereocenters. The standard InChI is InChI=1S/C38H50ClN5O6/c1-3-5-6-7-8-9-28(45)41-31-30-32(43-35(39)42-31)44(24-40-30)29-22-27(49-34(47)37-19-13-26(14-20-37)15-21-37)38(4-2,50-29)23-48-33(46)36-16-10-25(11-17-36)12-18-36/h2,24-27,29H,3,5-23H2,1H3,(H,41,42,43,45)/t25?,26?,27-,29+,36?,37?,38+/m0/s1. The molecule has 6 aliphatic carbocycles. The molecular formula is C38H50ClN5O6. The van der Waals surface area contributed by atoms with Crippen LogP contribution in [0.15, 0.2) is 6.33 Å². The van der Waals surface area contributed by atoms with E-state index in [-0.39, 0.29) is 42.0 Å². The van der Waals surface area contributed by atoms with Gasteiger partial charge in [0.05, 0.1) is 17.2 Å². The number of imidazole rings is 1. The van der Waals surface area contributed by atoms with E-state index >= 15 is 0 Å². The molecule has 7 aliphatic rings. The number of terminal acetylenes is 1. The minimum atomic E-state index is -1.52. The molecule has 7 fully saturated rings. The van der Waals surface area contributed by atoms with E-state index in [9.17, 15) is 14.4 Å². The number of halogens is 1. The van der Waals surface area contributed by atoms with Crippen molar-refractivity contribution in [3.63, 3.8) is 0 Å². The van der Waals surface area contributed by atoms with Gasteiger partial charge < -0.3 is 19.5 Å². The highest BCUT2D eigenvalue weighted by Gasteiger charge is 2.56. The van der Waals surface area contributed by atoms with Crippen LogP contribution in [0.4, 0.5) is 5.82 Å². The number of nitrogens with one attached hydrogen (secondary N) is 1. The Hall–Kier alpha value is -3.23. The molecule has 2 aromatic heterocycles. The van der Waals surface area contributed by atoms with Gasteiger partial charge in [-0.25, -0.2) is 4.98 Å². The van der Waals surface area contributed by atoms with E-state index in [2.05, 4.69) is 33.1 Å². The monoisotopic (exact) mass is 707 g/mol. The smallest absolute Gasteiger partial charge is 0.312 e. The van der Waals surface area contributed by atoms with Crippen molar-refractivity contribution in [1.29, 1.82) is 0 Å². The summed E-state index contributed by atoms with van der Waals surface area (Å²) >= 11 is 6.38. The Bertz CT molecular complexity index is 1610. The Kier molecular flexibility index (Phi) is 10.1. The van der Waals surface area contributed by atoms with Crippen LogP contribution < -0.4 is 5.32 Å². The molecule has 1 saturated heterocycles. The fourth-order valence-electron chi connectivity index (χ4n) is 9.31. The van der Waals surface area contributed by atoms with Gasteiger partial charge in [0.1, 0.15) is 18.9 Å². The quantitative estimate of drug-likeness (QED) is 0.0974. The fraction of sp³-hybridized carbons (Fsp3) is 0.737. The molecule has 1 N–H and O–H groups in total. The van der Waals surface area contributed by atoms with E-state index in [1.54, 1.807) is 10.9 Å². The number of anilines is 1. The summed E-state index contributed by atoms with van der Waals surface area (Å²) in [6, 6.07) is 0. The molecule has 4 bridgehead atoms. The summed E-state index contributed by atoms with van der Waals surface area (Å²) < 4.78 is 20.7. The molecule has 3 heterocycles. The van der Waals surface area contributed by atoms with Crippen molar-refractivity contribution in [3.05, 3.63) is 11.6 Å². The van der Waals surface area contributed by atoms with Crippen LogP contribution in [0.3, 0.4) is 0 Å². The number of unbranched alkanes of at least 4 members (excludes halogenated alkanes) is 4. The Morgan fingerprint density at radius 3 is 2.20 bits per heavy atom. The summed E-state index contributed by atoms with van der Waals surface area (Å²) in [6.45, 7) is 1.92. The van der Waals surface area contributed by atoms with Crippen LogP contribution in [0.2, 0.25) is 5.28 Å². The predicted octanol–water partition coefficient (Wildman–Crippen LogP) is 7.47. The van der Waals surface area contributed by atoms with Gasteiger partial charge in [-0.15, -0.1) is 6.42 Å². The number of fused-ring (bicyclic) bond motifs is 7. The van der Waals surface area contributed by atoms with Gasteiger partial charge in [-0.05, 0) is 107 Å². The van der Waals surface area contributed by atoms with Crippen LogP contribution in [0.25, 0.3) is 11.2 Å². The number of carbonyl (C=O) groups excluding carboxylic acids is 3. The van der Waals surface area contributed by atoms with Crippen molar-refractivity contribution in [2.45, 2.75) is 147 Å². The van der Waals surface area contributed by atoms with E-state index in [1.165, 1.54) is 0 Å². The number of esters is 2. The molecule has 12 heteroatoms. The highest BCUT2D eigenvalue weighted by Crippen LogP contribution is 2.53. The van der Waals surface area contributed by atoms with Gasteiger partial charge in [-0.2, -0.15) is 9.97 Å². The lowest BCUT2D eigenvalue weighted by molar-refractivity contribution is -0.184. The molecular weight excluding hydrogens is 658 g/mol. The second-order valence-electron chi connectivity index (χ2n) is 15.7. The van der Waals surface area contributed by atoms with Crippen molar-refractivity contribution in [1.82, 2.24) is 19.5 Å². The van der Waals surface area contributed by atoms with E-state index in [1.807, 2.05) is 0 Å². The van der Waals surface area contributed by atoms with Crippen molar-refractivity contribution >= 4 is 46.4 Å². The number of hydrogen-bond acceptors (Lipinski definition) is 9. The van der Waals surface area contributed by atoms with Crippen molar-refractivity contribution in [3.8, 4) is 12.3 Å². The number of amides is 1. The highest BCUT2D eigenvalue weighted by atomic mass is 35.5. The molecule has 1 amide bonds. The van der Waals surface area contributed by atoms with Crippen LogP contribution in [0.1, 0.15) is 135 Å². The van der Waals surface area contributed by atoms with Crippen molar-refractivity contribution < 1.29 is 28.6 Å². The number of aromatic nitrogens is 4. The van der Waals surface area contributed by atoms with Gasteiger partial charge in [0.25, 0.3) is 0 Å². The second-order valence-corrected chi connectivity index (χ2v) is 16.1. The van der Waals surface area contributed by atoms with E-state index in [4.69, 9.17) is 32.2 Å². The lowest BCUT2D eigenvalue weighted by Gasteiger charge is -2.45. The van der Waals surface area contributed by atoms with Crippen LogP contribution in [-0.2, 0) is 28.6 Å². The highest BCUT2D eigenvalue weighted by molar-refractivity contribution is 6.28. The predicted molar refractivity (Wildman–Crippen MR) is 187 cm³/mol. The van der Waals surface area contributed by atoms with E-state index in [0.29, 0.717) is 29.4 Å². The van der Waals surface area contributed by atoms with Crippen LogP contribution >= 0.6 is 11.6 Å². The molecule has 270 valence electrons. The van der Waals surface area contributed by atoms with Crippen molar-refractivity contribution in [2.75, 3.05) is 11.9 Å². The lowest BCUT2D eigenvalue weighted by atomic mass is 9.61. The summed E-state index contributed by atoms with van der Waals surface area (Å²) in [5.74, 6) is 3.70. The van der Waals surface area contributed by atoms with Crippen LogP contribution in [-0.4, -0.2) is 55.7 Å². The first-order chi connectivity index (χ1) is 24.2. The first-order valence-corrected chi connectivity index (χ1v) is 19.3. The Morgan fingerprint density at radius 1 is 0.960 bits per heavy atom. The molecule has 50 heavy (non-hydrogen) atoms. The summed E-state index contributed by atoms with van der Waals surface area (Å²) in [5.41, 5.74) is -1.84. The van der Waals surface area contributed by atoms with Gasteiger partial charge in [0.15, 0.2) is 17.0 Å². The fourth-order valence-corrected chi connectivity index (χ4v) is 9.48. The molecule has 9 rings (SSSR count). The number of ether oxygens (including phenoxy) is 3. The largest absolute Gasteiger partial charge is 0.461 e. The number of nitrogens with zero attached hydrogens (tertiary/aromatic N) is 4. The van der Waals surface area contributed by atoms with Crippen LogP contribution in [0.5, 0.6) is 0 Å². The lowest BCUT2D eigenvalue weighted by Crippen LogP contribution is -2.50. The number of rotatable bonds is 13. The average Bonchev–Trinajstić information content (AvgIpc) is 3.73. The zero-order chi connectivity index (χ0) is 34.9. The first-order valence-electron chi connectivity index (χ1n) is 18.9. The molecule has 0 aromatic carbocycles. The second kappa shape index (κ2) is 14.4. The molecule has 3 atom stereocenters. The third kappa shape index (κ3) is 6.74. The van der Waals surface area contributed by atoms with Crippen LogP contribution in [0, 0.1) is 35.0 Å². The van der Waals surface area contributed by atoms with Crippen molar-refractivity contribution in [2.24, 2.45) is 22.7 Å². The maximum atomic E-state index is 14.0. The maximum absolute atomic E-state index is 14.0. The molecule has 1 aliphatic heterocycles. The molecule has 0 spiro atoms. The third-order valence-corrected chi connectivity index (χ3v) is 12.9. The molecule has 6 saturated carbocycles. The third-order valence-electron chi connectivity index (χ3n) is 12.7. The Labute approximate surface area is 299 Å². The molecule has 11 nitrogen and oxygen atoms in total. The summed E-state index contributed by atoms with van der Waals surface area (Å²) in [6.07, 6.45) is 22.9. The van der Waals surface area contributed by atoms with E-state index in [0.717, 1.165) is 109 Å². The minimum Gasteiger partial charge on any atom is -0.461 e. The van der Waals surface area contributed by atoms with E-state index < -0.39 is 28.8 Å². The zero-order valence-corrected chi connectivity index (χ0v) is 30.0. The number of hydrogen-bond donors (Lipinski definition) is 1. The number of carbonyl (C=O) groups is 3. The molecule has 2 aromatic rings. The summed E-state index contributed by atoms with van der Waals surface area (Å²) in [4.78, 5) is 53.8. The normalized spacial score (nSPS) is 32.9. The maximum Gasteiger partial charge on any atom is 0.312 e.